The van der Waals surface area contributed by atoms with Gasteiger partial charge < -0.3 is 10.6 Å². The Hall–Kier alpha value is -1.44. The average molecular weight is 394 g/mol. The number of nitrogens with zero attached hydrogens (tertiary/aromatic N) is 2. The minimum absolute atomic E-state index is 0.0211. The second-order valence-corrected chi connectivity index (χ2v) is 10.8. The molecule has 0 bridgehead atoms. The number of hydrogen-bond donors (Lipinski definition) is 1. The zero-order valence-electron chi connectivity index (χ0n) is 16.6. The van der Waals surface area contributed by atoms with Gasteiger partial charge in [0.25, 0.3) is 0 Å². The highest BCUT2D eigenvalue weighted by Gasteiger charge is 2.41. The van der Waals surface area contributed by atoms with Crippen LogP contribution in [0.3, 0.4) is 0 Å². The molecule has 27 heavy (non-hydrogen) atoms. The highest BCUT2D eigenvalue weighted by molar-refractivity contribution is 7.89. The molecule has 6 nitrogen and oxygen atoms in total. The maximum Gasteiger partial charge on any atom is 0.243 e. The van der Waals surface area contributed by atoms with Gasteiger partial charge in [0, 0.05) is 26.2 Å². The van der Waals surface area contributed by atoms with Crippen LogP contribution in [-0.4, -0.2) is 55.2 Å². The van der Waals surface area contributed by atoms with E-state index in [0.29, 0.717) is 31.1 Å². The van der Waals surface area contributed by atoms with Crippen molar-refractivity contribution in [3.8, 4) is 0 Å². The maximum absolute atomic E-state index is 12.9. The maximum atomic E-state index is 12.9. The number of amides is 1. The standard InChI is InChI=1S/C20H31N3O3S/c1-19(2,3)16-6-8-17(9-7-16)27(25,26)23-14-12-22(13-15-23)18(24)20(21)10-4-5-11-20/h6-9H,4-5,10-15,21H2,1-3H3. The van der Waals surface area contributed by atoms with Crippen LogP contribution in [0.15, 0.2) is 29.2 Å². The second-order valence-electron chi connectivity index (χ2n) is 8.83. The molecule has 0 atom stereocenters. The van der Waals surface area contributed by atoms with Crippen LogP contribution in [0.5, 0.6) is 0 Å². The predicted octanol–water partition coefficient (Wildman–Crippen LogP) is 2.09. The van der Waals surface area contributed by atoms with Crippen molar-refractivity contribution >= 4 is 15.9 Å². The summed E-state index contributed by atoms with van der Waals surface area (Å²) >= 11 is 0. The lowest BCUT2D eigenvalue weighted by atomic mass is 9.87. The normalized spacial score (nSPS) is 21.4. The van der Waals surface area contributed by atoms with Crippen molar-refractivity contribution in [2.75, 3.05) is 26.2 Å². The summed E-state index contributed by atoms with van der Waals surface area (Å²) in [5, 5.41) is 0. The summed E-state index contributed by atoms with van der Waals surface area (Å²) in [5.41, 5.74) is 6.60. The Morgan fingerprint density at radius 1 is 1.00 bits per heavy atom. The number of nitrogens with two attached hydrogens (primary N) is 1. The van der Waals surface area contributed by atoms with Crippen molar-refractivity contribution in [3.63, 3.8) is 0 Å². The van der Waals surface area contributed by atoms with Crippen molar-refractivity contribution in [3.05, 3.63) is 29.8 Å². The van der Waals surface area contributed by atoms with Crippen LogP contribution < -0.4 is 5.73 Å². The zero-order chi connectivity index (χ0) is 19.9. The summed E-state index contributed by atoms with van der Waals surface area (Å²) < 4.78 is 27.4. The van der Waals surface area contributed by atoms with E-state index in [-0.39, 0.29) is 11.3 Å². The third kappa shape index (κ3) is 4.05. The van der Waals surface area contributed by atoms with Crippen LogP contribution in [0.25, 0.3) is 0 Å². The first-order valence-electron chi connectivity index (χ1n) is 9.73. The summed E-state index contributed by atoms with van der Waals surface area (Å²) in [7, 11) is -3.54. The Balaban J connectivity index is 1.67. The highest BCUT2D eigenvalue weighted by atomic mass is 32.2. The molecule has 1 saturated carbocycles. The lowest BCUT2D eigenvalue weighted by Gasteiger charge is -2.37. The van der Waals surface area contributed by atoms with Gasteiger partial charge in [-0.05, 0) is 36.0 Å². The van der Waals surface area contributed by atoms with Crippen molar-refractivity contribution in [1.82, 2.24) is 9.21 Å². The molecule has 150 valence electrons. The number of rotatable bonds is 3. The molecule has 1 heterocycles. The minimum atomic E-state index is -3.54. The van der Waals surface area contributed by atoms with Crippen molar-refractivity contribution in [2.45, 2.75) is 62.3 Å². The average Bonchev–Trinajstić information content (AvgIpc) is 3.08. The number of benzene rings is 1. The molecule has 2 fully saturated rings. The van der Waals surface area contributed by atoms with Crippen molar-refractivity contribution in [1.29, 1.82) is 0 Å². The van der Waals surface area contributed by atoms with Crippen LogP contribution in [0.4, 0.5) is 0 Å². The van der Waals surface area contributed by atoms with Crippen molar-refractivity contribution in [2.24, 2.45) is 5.73 Å². The molecule has 3 rings (SSSR count). The van der Waals surface area contributed by atoms with E-state index in [2.05, 4.69) is 20.8 Å². The molecule has 0 unspecified atom stereocenters. The predicted molar refractivity (Wildman–Crippen MR) is 106 cm³/mol. The molecule has 0 radical (unpaired) electrons. The van der Waals surface area contributed by atoms with Gasteiger partial charge in [0.05, 0.1) is 10.4 Å². The van der Waals surface area contributed by atoms with Gasteiger partial charge in [-0.25, -0.2) is 8.42 Å². The third-order valence-corrected chi connectivity index (χ3v) is 7.72. The smallest absolute Gasteiger partial charge is 0.243 e. The SMILES string of the molecule is CC(C)(C)c1ccc(S(=O)(=O)N2CCN(C(=O)C3(N)CCCC3)CC2)cc1. The first-order chi connectivity index (χ1) is 12.5. The molecule has 1 saturated heterocycles. The number of hydrogen-bond acceptors (Lipinski definition) is 4. The Morgan fingerprint density at radius 2 is 1.52 bits per heavy atom. The Morgan fingerprint density at radius 3 is 2.00 bits per heavy atom. The van der Waals surface area contributed by atoms with E-state index in [1.165, 1.54) is 4.31 Å². The van der Waals surface area contributed by atoms with Gasteiger partial charge in [-0.15, -0.1) is 0 Å². The minimum Gasteiger partial charge on any atom is -0.338 e. The first kappa shape index (κ1) is 20.3. The molecule has 1 aliphatic carbocycles. The fraction of sp³-hybridized carbons (Fsp3) is 0.650. The number of sulfonamides is 1. The van der Waals surface area contributed by atoms with Crippen LogP contribution in [0.1, 0.15) is 52.0 Å². The molecule has 2 N–H and O–H groups in total. The van der Waals surface area contributed by atoms with Crippen LogP contribution in [0, 0.1) is 0 Å². The summed E-state index contributed by atoms with van der Waals surface area (Å²) in [6, 6.07) is 7.12. The molecule has 0 spiro atoms. The summed E-state index contributed by atoms with van der Waals surface area (Å²) in [6.45, 7) is 7.72. The fourth-order valence-electron chi connectivity index (χ4n) is 3.94. The molecular weight excluding hydrogens is 362 g/mol. The molecule has 1 aromatic rings. The molecule has 2 aliphatic rings. The largest absolute Gasteiger partial charge is 0.338 e. The fourth-order valence-corrected chi connectivity index (χ4v) is 5.36. The van der Waals surface area contributed by atoms with Crippen molar-refractivity contribution < 1.29 is 13.2 Å². The molecule has 1 aromatic carbocycles. The summed E-state index contributed by atoms with van der Waals surface area (Å²) in [6.07, 6.45) is 3.43. The van der Waals surface area contributed by atoms with E-state index in [4.69, 9.17) is 5.73 Å². The first-order valence-corrected chi connectivity index (χ1v) is 11.2. The molecule has 1 amide bonds. The highest BCUT2D eigenvalue weighted by Crippen LogP contribution is 2.30. The van der Waals surface area contributed by atoms with E-state index in [1.807, 2.05) is 12.1 Å². The van der Waals surface area contributed by atoms with Gasteiger partial charge in [0.15, 0.2) is 0 Å². The second kappa shape index (κ2) is 7.18. The van der Waals surface area contributed by atoms with E-state index >= 15 is 0 Å². The van der Waals surface area contributed by atoms with Gasteiger partial charge >= 0.3 is 0 Å². The Labute approximate surface area is 162 Å². The number of carbonyl (C=O) groups excluding carboxylic acids is 1. The molecule has 1 aliphatic heterocycles. The van der Waals surface area contributed by atoms with Crippen LogP contribution in [0.2, 0.25) is 0 Å². The van der Waals surface area contributed by atoms with Gasteiger partial charge in [-0.2, -0.15) is 4.31 Å². The Kier molecular flexibility index (Phi) is 5.40. The van der Waals surface area contributed by atoms with Crippen LogP contribution in [-0.2, 0) is 20.2 Å². The van der Waals surface area contributed by atoms with E-state index in [9.17, 15) is 13.2 Å². The van der Waals surface area contributed by atoms with E-state index < -0.39 is 15.6 Å². The van der Waals surface area contributed by atoms with E-state index in [1.54, 1.807) is 17.0 Å². The molecule has 7 heteroatoms. The van der Waals surface area contributed by atoms with Gasteiger partial charge in [0.2, 0.25) is 15.9 Å². The number of piperazine rings is 1. The van der Waals surface area contributed by atoms with E-state index in [0.717, 1.165) is 31.2 Å². The quantitative estimate of drug-likeness (QED) is 0.852. The van der Waals surface area contributed by atoms with Gasteiger partial charge in [0.1, 0.15) is 0 Å². The number of carbonyl (C=O) groups is 1. The van der Waals surface area contributed by atoms with Gasteiger partial charge in [-0.1, -0.05) is 45.7 Å². The zero-order valence-corrected chi connectivity index (χ0v) is 17.4. The van der Waals surface area contributed by atoms with Crippen LogP contribution >= 0.6 is 0 Å². The lowest BCUT2D eigenvalue weighted by molar-refractivity contribution is -0.138. The monoisotopic (exact) mass is 393 g/mol. The van der Waals surface area contributed by atoms with Gasteiger partial charge in [-0.3, -0.25) is 4.79 Å². The summed E-state index contributed by atoms with van der Waals surface area (Å²) in [4.78, 5) is 14.8. The third-order valence-electron chi connectivity index (χ3n) is 5.81. The molecular formula is C20H31N3O3S. The summed E-state index contributed by atoms with van der Waals surface area (Å²) in [5.74, 6) is -0.0217. The lowest BCUT2D eigenvalue weighted by Crippen LogP contribution is -2.59. The Bertz CT molecular complexity index is 783. The molecule has 0 aromatic heterocycles. The topological polar surface area (TPSA) is 83.7 Å².